The third-order valence-electron chi connectivity index (χ3n) is 1.14. The summed E-state index contributed by atoms with van der Waals surface area (Å²) in [5, 5.41) is 0. The molecular weight excluding hydrogens is 140 g/mol. The van der Waals surface area contributed by atoms with Gasteiger partial charge >= 0.3 is 0 Å². The van der Waals surface area contributed by atoms with Gasteiger partial charge in [-0.25, -0.2) is 0 Å². The zero-order valence-electron chi connectivity index (χ0n) is 7.24. The summed E-state index contributed by atoms with van der Waals surface area (Å²) in [7, 11) is 0. The zero-order valence-corrected chi connectivity index (χ0v) is 7.24. The predicted octanol–water partition coefficient (Wildman–Crippen LogP) is 1.29. The molecule has 0 atom stereocenters. The van der Waals surface area contributed by atoms with Gasteiger partial charge in [0.25, 0.3) is 5.56 Å². The lowest BCUT2D eigenvalue weighted by atomic mass is 10.6. The second-order valence-corrected chi connectivity index (χ2v) is 1.70. The average molecular weight is 154 g/mol. The highest BCUT2D eigenvalue weighted by Crippen LogP contribution is 1.74. The second kappa shape index (κ2) is 5.65. The molecule has 0 radical (unpaired) electrons. The molecule has 62 valence electrons. The lowest BCUT2D eigenvalue weighted by Crippen LogP contribution is -2.17. The highest BCUT2D eigenvalue weighted by molar-refractivity contribution is 4.79. The van der Waals surface area contributed by atoms with Gasteiger partial charge in [-0.3, -0.25) is 9.78 Å². The van der Waals surface area contributed by atoms with Gasteiger partial charge < -0.3 is 4.57 Å². The summed E-state index contributed by atoms with van der Waals surface area (Å²) < 4.78 is 1.59. The number of aryl methyl sites for hydroxylation is 1. The minimum absolute atomic E-state index is 0.0417. The molecule has 11 heavy (non-hydrogen) atoms. The Kier molecular flexibility index (Phi) is 5.07. The van der Waals surface area contributed by atoms with Crippen molar-refractivity contribution in [3.8, 4) is 0 Å². The second-order valence-electron chi connectivity index (χ2n) is 1.70. The topological polar surface area (TPSA) is 34.9 Å². The van der Waals surface area contributed by atoms with Crippen molar-refractivity contribution in [1.82, 2.24) is 9.55 Å². The van der Waals surface area contributed by atoms with Crippen LogP contribution in [0.1, 0.15) is 20.8 Å². The van der Waals surface area contributed by atoms with Crippen LogP contribution in [0, 0.1) is 0 Å². The summed E-state index contributed by atoms with van der Waals surface area (Å²) in [4.78, 5) is 14.4. The van der Waals surface area contributed by atoms with Crippen molar-refractivity contribution in [3.63, 3.8) is 0 Å². The molecule has 0 fully saturated rings. The molecule has 0 aliphatic rings. The molecule has 0 saturated heterocycles. The van der Waals surface area contributed by atoms with Crippen molar-refractivity contribution in [2.24, 2.45) is 0 Å². The van der Waals surface area contributed by atoms with Crippen molar-refractivity contribution in [1.29, 1.82) is 0 Å². The van der Waals surface area contributed by atoms with E-state index < -0.39 is 0 Å². The van der Waals surface area contributed by atoms with Crippen LogP contribution in [0.4, 0.5) is 0 Å². The van der Waals surface area contributed by atoms with E-state index in [0.29, 0.717) is 6.54 Å². The van der Waals surface area contributed by atoms with E-state index in [0.717, 1.165) is 0 Å². The molecule has 0 aliphatic heterocycles. The maximum Gasteiger partial charge on any atom is 0.268 e. The molecule has 3 nitrogen and oxygen atoms in total. The molecule has 3 heteroatoms. The van der Waals surface area contributed by atoms with Crippen LogP contribution >= 0.6 is 0 Å². The molecule has 0 saturated carbocycles. The number of hydrogen-bond acceptors (Lipinski definition) is 2. The van der Waals surface area contributed by atoms with Crippen molar-refractivity contribution >= 4 is 0 Å². The van der Waals surface area contributed by atoms with Crippen LogP contribution < -0.4 is 5.56 Å². The minimum atomic E-state index is -0.0417. The van der Waals surface area contributed by atoms with Gasteiger partial charge in [-0.2, -0.15) is 0 Å². The van der Waals surface area contributed by atoms with Crippen LogP contribution in [-0.4, -0.2) is 9.55 Å². The standard InChI is InChI=1S/C6H8N2O.C2H6/c1-2-8-4-3-7-5-6(8)9;1-2/h3-5H,2H2,1H3;1-2H3. The molecule has 1 rings (SSSR count). The van der Waals surface area contributed by atoms with E-state index in [1.54, 1.807) is 17.0 Å². The molecule has 0 amide bonds. The molecule has 0 unspecified atom stereocenters. The molecule has 1 aromatic heterocycles. The van der Waals surface area contributed by atoms with Crippen LogP contribution in [-0.2, 0) is 6.54 Å². The van der Waals surface area contributed by atoms with Crippen molar-refractivity contribution in [2.75, 3.05) is 0 Å². The third kappa shape index (κ3) is 2.98. The van der Waals surface area contributed by atoms with Crippen molar-refractivity contribution in [3.05, 3.63) is 28.9 Å². The summed E-state index contributed by atoms with van der Waals surface area (Å²) in [5.41, 5.74) is -0.0417. The van der Waals surface area contributed by atoms with E-state index >= 15 is 0 Å². The summed E-state index contributed by atoms with van der Waals surface area (Å²) >= 11 is 0. The average Bonchev–Trinajstić information content (AvgIpc) is 2.09. The summed E-state index contributed by atoms with van der Waals surface area (Å²) in [6, 6.07) is 0. The lowest BCUT2D eigenvalue weighted by Gasteiger charge is -1.95. The van der Waals surface area contributed by atoms with E-state index in [1.165, 1.54) is 6.20 Å². The van der Waals surface area contributed by atoms with E-state index in [9.17, 15) is 4.79 Å². The first-order chi connectivity index (χ1) is 5.34. The number of aromatic nitrogens is 2. The molecule has 1 aromatic rings. The van der Waals surface area contributed by atoms with Gasteiger partial charge in [0.1, 0.15) is 0 Å². The molecule has 0 aromatic carbocycles. The largest absolute Gasteiger partial charge is 0.313 e. The Bertz CT molecular complexity index is 242. The fourth-order valence-corrected chi connectivity index (χ4v) is 0.635. The molecule has 1 heterocycles. The SMILES string of the molecule is CC.CCn1ccncc1=O. The van der Waals surface area contributed by atoms with Crippen LogP contribution in [0.15, 0.2) is 23.4 Å². The van der Waals surface area contributed by atoms with Gasteiger partial charge in [0.05, 0.1) is 6.20 Å². The van der Waals surface area contributed by atoms with Crippen molar-refractivity contribution in [2.45, 2.75) is 27.3 Å². The molecule has 0 spiro atoms. The highest BCUT2D eigenvalue weighted by Gasteiger charge is 1.86. The zero-order chi connectivity index (χ0) is 8.69. The molecule has 0 aliphatic carbocycles. The van der Waals surface area contributed by atoms with Crippen LogP contribution in [0.3, 0.4) is 0 Å². The lowest BCUT2D eigenvalue weighted by molar-refractivity contribution is 0.717. The summed E-state index contributed by atoms with van der Waals surface area (Å²) in [6.07, 6.45) is 4.58. The summed E-state index contributed by atoms with van der Waals surface area (Å²) in [5.74, 6) is 0. The minimum Gasteiger partial charge on any atom is -0.313 e. The maximum atomic E-state index is 10.8. The first-order valence-corrected chi connectivity index (χ1v) is 3.85. The molecular formula is C8H14N2O. The Balaban J connectivity index is 0.000000461. The molecule has 0 bridgehead atoms. The van der Waals surface area contributed by atoms with Crippen LogP contribution in [0.25, 0.3) is 0 Å². The number of nitrogens with zero attached hydrogens (tertiary/aromatic N) is 2. The van der Waals surface area contributed by atoms with Crippen molar-refractivity contribution < 1.29 is 0 Å². The number of rotatable bonds is 1. The quantitative estimate of drug-likeness (QED) is 0.611. The highest BCUT2D eigenvalue weighted by atomic mass is 16.1. The van der Waals surface area contributed by atoms with Crippen LogP contribution in [0.2, 0.25) is 0 Å². The monoisotopic (exact) mass is 154 g/mol. The van der Waals surface area contributed by atoms with Gasteiger partial charge in [-0.15, -0.1) is 0 Å². The Labute approximate surface area is 66.7 Å². The van der Waals surface area contributed by atoms with Gasteiger partial charge in [0.2, 0.25) is 0 Å². The van der Waals surface area contributed by atoms with Gasteiger partial charge in [-0.05, 0) is 6.92 Å². The Morgan fingerprint density at radius 3 is 2.55 bits per heavy atom. The summed E-state index contributed by atoms with van der Waals surface area (Å²) in [6.45, 7) is 6.63. The van der Waals surface area contributed by atoms with Crippen LogP contribution in [0.5, 0.6) is 0 Å². The predicted molar refractivity (Wildman–Crippen MR) is 45.5 cm³/mol. The fourth-order valence-electron chi connectivity index (χ4n) is 0.635. The third-order valence-corrected chi connectivity index (χ3v) is 1.14. The smallest absolute Gasteiger partial charge is 0.268 e. The maximum absolute atomic E-state index is 10.8. The van der Waals surface area contributed by atoms with E-state index in [4.69, 9.17) is 0 Å². The Morgan fingerprint density at radius 1 is 1.55 bits per heavy atom. The van der Waals surface area contributed by atoms with Gasteiger partial charge in [-0.1, -0.05) is 13.8 Å². The number of hydrogen-bond donors (Lipinski definition) is 0. The van der Waals surface area contributed by atoms with Gasteiger partial charge in [0, 0.05) is 18.9 Å². The first-order valence-electron chi connectivity index (χ1n) is 3.85. The Morgan fingerprint density at radius 2 is 2.18 bits per heavy atom. The molecule has 0 N–H and O–H groups in total. The normalized spacial score (nSPS) is 8.27. The Hall–Kier alpha value is -1.12. The van der Waals surface area contributed by atoms with E-state index in [1.807, 2.05) is 20.8 Å². The van der Waals surface area contributed by atoms with Gasteiger partial charge in [0.15, 0.2) is 0 Å². The van der Waals surface area contributed by atoms with E-state index in [-0.39, 0.29) is 5.56 Å². The van der Waals surface area contributed by atoms with E-state index in [2.05, 4.69) is 4.98 Å². The fraction of sp³-hybridized carbons (Fsp3) is 0.500. The first kappa shape index (κ1) is 9.88.